The van der Waals surface area contributed by atoms with Crippen LogP contribution >= 0.6 is 0 Å². The first-order valence-electron chi connectivity index (χ1n) is 12.9. The topological polar surface area (TPSA) is 101 Å². The van der Waals surface area contributed by atoms with Crippen molar-refractivity contribution in [3.05, 3.63) is 83.3 Å². The highest BCUT2D eigenvalue weighted by molar-refractivity contribution is 5.78. The van der Waals surface area contributed by atoms with E-state index in [2.05, 4.69) is 37.8 Å². The van der Waals surface area contributed by atoms with Crippen LogP contribution in [0.4, 0.5) is 0 Å². The molecule has 0 saturated carbocycles. The first kappa shape index (κ1) is 27.4. The van der Waals surface area contributed by atoms with Crippen molar-refractivity contribution in [2.45, 2.75) is 64.9 Å². The second-order valence-corrected chi connectivity index (χ2v) is 10.4. The molecule has 0 aliphatic heterocycles. The zero-order valence-corrected chi connectivity index (χ0v) is 22.9. The lowest BCUT2D eigenvalue weighted by molar-refractivity contribution is -0.137. The molecule has 2 heterocycles. The third kappa shape index (κ3) is 6.27. The average Bonchev–Trinajstić information content (AvgIpc) is 3.36. The van der Waals surface area contributed by atoms with Gasteiger partial charge in [0.2, 0.25) is 0 Å². The summed E-state index contributed by atoms with van der Waals surface area (Å²) in [5, 5.41) is 23.6. The molecule has 7 nitrogen and oxygen atoms in total. The highest BCUT2D eigenvalue weighted by Crippen LogP contribution is 2.31. The van der Waals surface area contributed by atoms with E-state index in [0.29, 0.717) is 12.4 Å². The van der Waals surface area contributed by atoms with Crippen LogP contribution in [0.15, 0.2) is 60.8 Å². The smallest absolute Gasteiger partial charge is 0.304 e. The van der Waals surface area contributed by atoms with Gasteiger partial charge in [-0.2, -0.15) is 10.4 Å². The van der Waals surface area contributed by atoms with E-state index in [1.807, 2.05) is 68.6 Å². The largest absolute Gasteiger partial charge is 0.489 e. The molecule has 0 saturated heterocycles. The number of benzene rings is 2. The summed E-state index contributed by atoms with van der Waals surface area (Å²) in [7, 11) is 0. The molecule has 2 aromatic heterocycles. The van der Waals surface area contributed by atoms with Crippen molar-refractivity contribution in [1.82, 2.24) is 14.6 Å². The molecule has 4 aromatic rings. The maximum Gasteiger partial charge on any atom is 0.304 e. The Labute approximate surface area is 229 Å². The van der Waals surface area contributed by atoms with Crippen molar-refractivity contribution in [3.63, 3.8) is 0 Å². The summed E-state index contributed by atoms with van der Waals surface area (Å²) in [6.45, 7) is 9.94. The third-order valence-corrected chi connectivity index (χ3v) is 6.58. The van der Waals surface area contributed by atoms with Crippen molar-refractivity contribution >= 4 is 11.6 Å². The molecule has 198 valence electrons. The average molecular weight is 521 g/mol. The number of aromatic nitrogens is 3. The van der Waals surface area contributed by atoms with Gasteiger partial charge in [0.15, 0.2) is 11.5 Å². The summed E-state index contributed by atoms with van der Waals surface area (Å²) in [6, 6.07) is 19.8. The van der Waals surface area contributed by atoms with Gasteiger partial charge in [0, 0.05) is 23.2 Å². The van der Waals surface area contributed by atoms with Gasteiger partial charge in [0.1, 0.15) is 12.4 Å². The van der Waals surface area contributed by atoms with E-state index in [-0.39, 0.29) is 18.3 Å². The highest BCUT2D eigenvalue weighted by Gasteiger charge is 2.21. The highest BCUT2D eigenvalue weighted by atomic mass is 16.5. The lowest BCUT2D eigenvalue weighted by Crippen LogP contribution is -2.13. The van der Waals surface area contributed by atoms with Gasteiger partial charge in [-0.15, -0.1) is 5.92 Å². The fraction of sp³-hybridized carbons (Fsp3) is 0.312. The maximum atomic E-state index is 11.2. The summed E-state index contributed by atoms with van der Waals surface area (Å²) in [4.78, 5) is 16.0. The van der Waals surface area contributed by atoms with Gasteiger partial charge in [0.05, 0.1) is 23.8 Å². The van der Waals surface area contributed by atoms with Gasteiger partial charge in [-0.1, -0.05) is 50.1 Å². The Morgan fingerprint density at radius 2 is 1.90 bits per heavy atom. The second-order valence-electron chi connectivity index (χ2n) is 10.4. The Kier molecular flexibility index (Phi) is 8.02. The third-order valence-electron chi connectivity index (χ3n) is 6.58. The van der Waals surface area contributed by atoms with Crippen LogP contribution in [-0.4, -0.2) is 25.7 Å². The van der Waals surface area contributed by atoms with E-state index in [0.717, 1.165) is 39.3 Å². The molecule has 0 amide bonds. The molecule has 0 aliphatic carbocycles. The van der Waals surface area contributed by atoms with Crippen molar-refractivity contribution < 1.29 is 14.6 Å². The number of rotatable bonds is 9. The minimum Gasteiger partial charge on any atom is -0.489 e. The van der Waals surface area contributed by atoms with E-state index in [9.17, 15) is 15.2 Å². The molecular weight excluding hydrogens is 488 g/mol. The molecule has 0 radical (unpaired) electrons. The van der Waals surface area contributed by atoms with Crippen molar-refractivity contribution in [2.24, 2.45) is 0 Å². The first-order valence-corrected chi connectivity index (χ1v) is 12.9. The van der Waals surface area contributed by atoms with Crippen molar-refractivity contribution in [1.29, 1.82) is 5.26 Å². The van der Waals surface area contributed by atoms with E-state index in [1.165, 1.54) is 0 Å². The summed E-state index contributed by atoms with van der Waals surface area (Å²) in [6.07, 6.45) is 1.88. The fourth-order valence-corrected chi connectivity index (χ4v) is 4.30. The molecule has 0 aliphatic rings. The van der Waals surface area contributed by atoms with Gasteiger partial charge < -0.3 is 9.84 Å². The number of pyridine rings is 1. The minimum absolute atomic E-state index is 0.0488. The zero-order chi connectivity index (χ0) is 28.2. The molecule has 0 spiro atoms. The number of carboxylic acid groups (broad SMARTS) is 1. The van der Waals surface area contributed by atoms with Crippen LogP contribution in [0.3, 0.4) is 0 Å². The van der Waals surface area contributed by atoms with Crippen LogP contribution in [0.25, 0.3) is 16.8 Å². The SMILES string of the molecule is CC#C[C@@H](CC(=O)O)c1ccc(OCc2cc(-c3cccc(C(C)(C)C#N)c3)c3nc(C(C)C)nn3c2)cc1. The van der Waals surface area contributed by atoms with Gasteiger partial charge in [0.25, 0.3) is 0 Å². The molecule has 1 N–H and O–H groups in total. The summed E-state index contributed by atoms with van der Waals surface area (Å²) < 4.78 is 7.90. The number of nitriles is 1. The molecule has 0 fully saturated rings. The van der Waals surface area contributed by atoms with E-state index in [4.69, 9.17) is 14.8 Å². The number of ether oxygens (including phenoxy) is 1. The van der Waals surface area contributed by atoms with Crippen molar-refractivity contribution in [3.8, 4) is 34.8 Å². The monoisotopic (exact) mass is 520 g/mol. The van der Waals surface area contributed by atoms with E-state index >= 15 is 0 Å². The lowest BCUT2D eigenvalue weighted by atomic mass is 9.85. The molecule has 0 unspecified atom stereocenters. The van der Waals surface area contributed by atoms with Crippen LogP contribution in [0.5, 0.6) is 5.75 Å². The molecule has 4 rings (SSSR count). The number of fused-ring (bicyclic) bond motifs is 1. The number of hydrogen-bond acceptors (Lipinski definition) is 5. The van der Waals surface area contributed by atoms with E-state index in [1.54, 1.807) is 11.4 Å². The van der Waals surface area contributed by atoms with Crippen LogP contribution in [0.1, 0.15) is 75.4 Å². The molecule has 39 heavy (non-hydrogen) atoms. The van der Waals surface area contributed by atoms with Crippen molar-refractivity contribution in [2.75, 3.05) is 0 Å². The lowest BCUT2D eigenvalue weighted by Gasteiger charge is -2.17. The Morgan fingerprint density at radius 1 is 1.15 bits per heavy atom. The molecular formula is C32H32N4O3. The van der Waals surface area contributed by atoms with Crippen LogP contribution in [-0.2, 0) is 16.8 Å². The molecule has 7 heteroatoms. The fourth-order valence-electron chi connectivity index (χ4n) is 4.30. The number of aliphatic carboxylic acids is 1. The quantitative estimate of drug-likeness (QED) is 0.254. The minimum atomic E-state index is -0.885. The van der Waals surface area contributed by atoms with Gasteiger partial charge in [-0.25, -0.2) is 9.50 Å². The van der Waals surface area contributed by atoms with Gasteiger partial charge >= 0.3 is 5.97 Å². The van der Waals surface area contributed by atoms with Gasteiger partial charge in [-0.3, -0.25) is 4.79 Å². The predicted molar refractivity (Wildman–Crippen MR) is 150 cm³/mol. The maximum absolute atomic E-state index is 11.2. The number of hydrogen-bond donors (Lipinski definition) is 1. The number of carbonyl (C=O) groups is 1. The zero-order valence-electron chi connectivity index (χ0n) is 22.9. The summed E-state index contributed by atoms with van der Waals surface area (Å²) in [5.41, 5.74) is 4.67. The number of carboxylic acids is 1. The molecule has 2 aromatic carbocycles. The summed E-state index contributed by atoms with van der Waals surface area (Å²) >= 11 is 0. The Balaban J connectivity index is 1.66. The Hall–Kier alpha value is -4.62. The predicted octanol–water partition coefficient (Wildman–Crippen LogP) is 6.48. The standard InChI is InChI=1S/C32H32N4O3/c1-6-8-24(17-29(37)38)23-11-13-27(14-12-23)39-19-22-15-28(31-34-30(21(2)3)35-36(31)18-22)25-9-7-10-26(16-25)32(4,5)20-33/h7,9-16,18,21,24H,17,19H2,1-5H3,(H,37,38)/t24-/m0/s1. The molecule has 1 atom stereocenters. The second kappa shape index (κ2) is 11.4. The Bertz CT molecular complexity index is 1600. The van der Waals surface area contributed by atoms with Crippen LogP contribution < -0.4 is 4.74 Å². The Morgan fingerprint density at radius 3 is 2.54 bits per heavy atom. The normalized spacial score (nSPS) is 12.0. The summed E-state index contributed by atoms with van der Waals surface area (Å²) in [5.74, 6) is 6.12. The number of nitrogens with zero attached hydrogens (tertiary/aromatic N) is 4. The first-order chi connectivity index (χ1) is 18.6. The van der Waals surface area contributed by atoms with Crippen LogP contribution in [0, 0.1) is 23.2 Å². The van der Waals surface area contributed by atoms with Gasteiger partial charge in [-0.05, 0) is 61.7 Å². The molecule has 0 bridgehead atoms. The van der Waals surface area contributed by atoms with E-state index < -0.39 is 11.4 Å². The van der Waals surface area contributed by atoms with Crippen LogP contribution in [0.2, 0.25) is 0 Å².